The van der Waals surface area contributed by atoms with Gasteiger partial charge < -0.3 is 10.1 Å². The highest BCUT2D eigenvalue weighted by molar-refractivity contribution is 7.89. The smallest absolute Gasteiger partial charge is 0.422 e. The van der Waals surface area contributed by atoms with Gasteiger partial charge in [-0.3, -0.25) is 4.79 Å². The van der Waals surface area contributed by atoms with Crippen LogP contribution in [0.15, 0.2) is 47.4 Å². The molecule has 1 saturated heterocycles. The molecule has 0 unspecified atom stereocenters. The van der Waals surface area contributed by atoms with Crippen LogP contribution in [0, 0.1) is 5.92 Å². The average molecular weight is 483 g/mol. The van der Waals surface area contributed by atoms with Crippen molar-refractivity contribution in [3.8, 4) is 5.75 Å². The minimum absolute atomic E-state index is 0.0513. The number of amides is 1. The molecule has 33 heavy (non-hydrogen) atoms. The van der Waals surface area contributed by atoms with Crippen molar-refractivity contribution in [2.75, 3.05) is 25.0 Å². The van der Waals surface area contributed by atoms with E-state index < -0.39 is 22.8 Å². The summed E-state index contributed by atoms with van der Waals surface area (Å²) in [6.07, 6.45) is -0.709. The van der Waals surface area contributed by atoms with Crippen molar-refractivity contribution >= 4 is 21.6 Å². The number of carbonyl (C=O) groups excluding carboxylic acids is 1. The van der Waals surface area contributed by atoms with Gasteiger partial charge in [0.25, 0.3) is 0 Å². The fourth-order valence-corrected chi connectivity index (χ4v) is 5.78. The van der Waals surface area contributed by atoms with Crippen LogP contribution < -0.4 is 10.1 Å². The molecule has 6 nitrogen and oxygen atoms in total. The molecule has 4 rings (SSSR count). The Morgan fingerprint density at radius 3 is 2.36 bits per heavy atom. The van der Waals surface area contributed by atoms with Gasteiger partial charge in [-0.1, -0.05) is 6.07 Å². The number of anilines is 1. The van der Waals surface area contributed by atoms with E-state index in [1.165, 1.54) is 34.1 Å². The maximum Gasteiger partial charge on any atom is 0.422 e. The number of alkyl halides is 3. The number of rotatable bonds is 6. The molecule has 0 atom stereocenters. The molecule has 1 fully saturated rings. The van der Waals surface area contributed by atoms with Crippen LogP contribution in [-0.4, -0.2) is 44.5 Å². The van der Waals surface area contributed by atoms with E-state index in [1.54, 1.807) is 12.1 Å². The van der Waals surface area contributed by atoms with E-state index in [4.69, 9.17) is 0 Å². The van der Waals surface area contributed by atoms with E-state index in [2.05, 4.69) is 10.1 Å². The van der Waals surface area contributed by atoms with Gasteiger partial charge in [-0.05, 0) is 79.6 Å². The molecule has 0 saturated carbocycles. The lowest BCUT2D eigenvalue weighted by Crippen LogP contribution is -2.41. The van der Waals surface area contributed by atoms with E-state index >= 15 is 0 Å². The number of aryl methyl sites for hydroxylation is 2. The van der Waals surface area contributed by atoms with Crippen LogP contribution in [-0.2, 0) is 27.7 Å². The second-order valence-corrected chi connectivity index (χ2v) is 10.3. The van der Waals surface area contributed by atoms with E-state index in [1.807, 2.05) is 6.07 Å². The zero-order valence-corrected chi connectivity index (χ0v) is 18.7. The molecule has 1 heterocycles. The Morgan fingerprint density at radius 2 is 1.70 bits per heavy atom. The van der Waals surface area contributed by atoms with Crippen molar-refractivity contribution in [3.05, 3.63) is 53.6 Å². The number of ether oxygens (including phenoxy) is 1. The zero-order valence-electron chi connectivity index (χ0n) is 17.9. The van der Waals surface area contributed by atoms with Gasteiger partial charge in [0.1, 0.15) is 5.75 Å². The number of carbonyl (C=O) groups is 1. The second kappa shape index (κ2) is 9.34. The Kier molecular flexibility index (Phi) is 6.67. The number of benzene rings is 2. The van der Waals surface area contributed by atoms with Crippen molar-refractivity contribution in [2.24, 2.45) is 5.92 Å². The van der Waals surface area contributed by atoms with Crippen molar-refractivity contribution in [1.29, 1.82) is 0 Å². The van der Waals surface area contributed by atoms with E-state index in [9.17, 15) is 26.4 Å². The number of hydrogen-bond acceptors (Lipinski definition) is 4. The fourth-order valence-electron chi connectivity index (χ4n) is 4.26. The van der Waals surface area contributed by atoms with Gasteiger partial charge >= 0.3 is 6.18 Å². The third-order valence-electron chi connectivity index (χ3n) is 6.06. The Bertz CT molecular complexity index is 1110. The van der Waals surface area contributed by atoms with Crippen LogP contribution in [0.3, 0.4) is 0 Å². The number of nitrogens with one attached hydrogen (secondary N) is 1. The molecule has 1 amide bonds. The molecule has 0 aromatic heterocycles. The first-order valence-corrected chi connectivity index (χ1v) is 12.3. The van der Waals surface area contributed by atoms with Gasteiger partial charge in [0, 0.05) is 24.7 Å². The molecule has 178 valence electrons. The normalized spacial score (nSPS) is 17.5. The highest BCUT2D eigenvalue weighted by atomic mass is 32.2. The summed E-state index contributed by atoms with van der Waals surface area (Å²) in [5.41, 5.74) is 2.75. The van der Waals surface area contributed by atoms with E-state index in [-0.39, 0.29) is 30.7 Å². The number of fused-ring (bicyclic) bond motifs is 1. The highest BCUT2D eigenvalue weighted by Crippen LogP contribution is 2.29. The lowest BCUT2D eigenvalue weighted by Gasteiger charge is -2.30. The first-order valence-electron chi connectivity index (χ1n) is 10.8. The van der Waals surface area contributed by atoms with Crippen LogP contribution >= 0.6 is 0 Å². The van der Waals surface area contributed by atoms with Crippen LogP contribution in [0.2, 0.25) is 0 Å². The van der Waals surface area contributed by atoms with Gasteiger partial charge in [0.05, 0.1) is 4.90 Å². The molecule has 2 aromatic carbocycles. The molecule has 1 aliphatic carbocycles. The average Bonchev–Trinajstić information content (AvgIpc) is 3.26. The van der Waals surface area contributed by atoms with Crippen molar-refractivity contribution in [1.82, 2.24) is 4.31 Å². The molecular weight excluding hydrogens is 457 g/mol. The standard InChI is InChI=1S/C23H25F3N2O4S/c24-23(25,26)15-32-20-7-5-19(6-8-20)27-22(29)17-10-12-28(13-11-17)33(30,31)21-9-4-16-2-1-3-18(16)14-21/h4-9,14,17H,1-3,10-13,15H2,(H,27,29). The third-order valence-corrected chi connectivity index (χ3v) is 7.95. The van der Waals surface area contributed by atoms with Gasteiger partial charge in [-0.15, -0.1) is 0 Å². The predicted molar refractivity (Wildman–Crippen MR) is 117 cm³/mol. The van der Waals surface area contributed by atoms with Gasteiger partial charge in [-0.2, -0.15) is 17.5 Å². The number of hydrogen-bond donors (Lipinski definition) is 1. The summed E-state index contributed by atoms with van der Waals surface area (Å²) < 4.78 is 68.8. The van der Waals surface area contributed by atoms with E-state index in [0.29, 0.717) is 23.4 Å². The van der Waals surface area contributed by atoms with Crippen LogP contribution in [0.4, 0.5) is 18.9 Å². The molecule has 0 radical (unpaired) electrons. The maximum absolute atomic E-state index is 13.0. The van der Waals surface area contributed by atoms with E-state index in [0.717, 1.165) is 24.8 Å². The SMILES string of the molecule is O=C(Nc1ccc(OCC(F)(F)F)cc1)C1CCN(S(=O)(=O)c2ccc3c(c2)CCC3)CC1. The molecule has 10 heteroatoms. The summed E-state index contributed by atoms with van der Waals surface area (Å²) in [7, 11) is -3.60. The topological polar surface area (TPSA) is 75.7 Å². The van der Waals surface area contributed by atoms with Crippen LogP contribution in [0.1, 0.15) is 30.4 Å². The Morgan fingerprint density at radius 1 is 1.03 bits per heavy atom. The Labute approximate surface area is 190 Å². The Hall–Kier alpha value is -2.59. The summed E-state index contributed by atoms with van der Waals surface area (Å²) in [6.45, 7) is -0.880. The second-order valence-electron chi connectivity index (χ2n) is 8.38. The van der Waals surface area contributed by atoms with Gasteiger partial charge in [-0.25, -0.2) is 8.42 Å². The fraction of sp³-hybridized carbons (Fsp3) is 0.435. The monoisotopic (exact) mass is 482 g/mol. The third kappa shape index (κ3) is 5.67. The number of halogens is 3. The first kappa shape index (κ1) is 23.6. The Balaban J connectivity index is 1.31. The quantitative estimate of drug-likeness (QED) is 0.671. The molecule has 1 aliphatic heterocycles. The summed E-state index contributed by atoms with van der Waals surface area (Å²) >= 11 is 0. The highest BCUT2D eigenvalue weighted by Gasteiger charge is 2.33. The molecule has 2 aromatic rings. The summed E-state index contributed by atoms with van der Waals surface area (Å²) in [6, 6.07) is 11.0. The molecule has 2 aliphatic rings. The first-order chi connectivity index (χ1) is 15.6. The van der Waals surface area contributed by atoms with Gasteiger partial charge in [0.2, 0.25) is 15.9 Å². The van der Waals surface area contributed by atoms with Crippen LogP contribution in [0.5, 0.6) is 5.75 Å². The maximum atomic E-state index is 13.0. The lowest BCUT2D eigenvalue weighted by atomic mass is 9.97. The molecule has 1 N–H and O–H groups in total. The number of sulfonamides is 1. The molecular formula is C23H25F3N2O4S. The predicted octanol–water partition coefficient (Wildman–Crippen LogP) is 4.16. The van der Waals surface area contributed by atoms with Crippen molar-refractivity contribution in [2.45, 2.75) is 43.2 Å². The lowest BCUT2D eigenvalue weighted by molar-refractivity contribution is -0.153. The van der Waals surface area contributed by atoms with Crippen molar-refractivity contribution in [3.63, 3.8) is 0 Å². The molecule has 0 bridgehead atoms. The van der Waals surface area contributed by atoms with Crippen LogP contribution in [0.25, 0.3) is 0 Å². The molecule has 0 spiro atoms. The summed E-state index contributed by atoms with van der Waals surface area (Å²) in [5, 5.41) is 2.74. The number of piperidine rings is 1. The largest absolute Gasteiger partial charge is 0.484 e. The van der Waals surface area contributed by atoms with Gasteiger partial charge in [0.15, 0.2) is 6.61 Å². The van der Waals surface area contributed by atoms with Crippen molar-refractivity contribution < 1.29 is 31.1 Å². The summed E-state index contributed by atoms with van der Waals surface area (Å²) in [5.74, 6) is -0.540. The minimum atomic E-state index is -4.42. The minimum Gasteiger partial charge on any atom is -0.484 e. The zero-order chi connectivity index (χ0) is 23.6. The summed E-state index contributed by atoms with van der Waals surface area (Å²) in [4.78, 5) is 12.9. The number of nitrogens with zero attached hydrogens (tertiary/aromatic N) is 1.